The van der Waals surface area contributed by atoms with Crippen molar-refractivity contribution in [1.29, 1.82) is 0 Å². The molecule has 0 saturated heterocycles. The molecule has 0 aliphatic carbocycles. The van der Waals surface area contributed by atoms with Crippen LogP contribution in [0.1, 0.15) is 22.4 Å². The molecule has 158 valence electrons. The maximum absolute atomic E-state index is 12.8. The first-order chi connectivity index (χ1) is 14.0. The number of halogens is 3. The molecule has 3 rings (SSSR count). The Kier molecular flexibility index (Phi) is 5.85. The first-order valence-corrected chi connectivity index (χ1v) is 10.8. The Labute approximate surface area is 172 Å². The zero-order valence-corrected chi connectivity index (χ0v) is 17.2. The molecule has 3 aromatic heterocycles. The molecular weight excluding hydrogens is 443 g/mol. The van der Waals surface area contributed by atoms with E-state index < -0.39 is 32.6 Å². The third-order valence-corrected chi connectivity index (χ3v) is 6.66. The van der Waals surface area contributed by atoms with E-state index >= 15 is 0 Å². The standard InChI is InChI=1S/C17H14F3N5O3S2/c1-3-30(27,28)12-8-10(11-6-4-5-7-21-11)9-22-13(12)14(26)23-16-25(2)24-15(29-16)17(18,19)20/h4-9H,3H2,1-2H3. The zero-order chi connectivity index (χ0) is 22.1. The monoisotopic (exact) mass is 457 g/mol. The largest absolute Gasteiger partial charge is 0.445 e. The molecule has 0 fully saturated rings. The van der Waals surface area contributed by atoms with Crippen LogP contribution in [-0.4, -0.2) is 39.8 Å². The van der Waals surface area contributed by atoms with Crippen LogP contribution < -0.4 is 4.80 Å². The van der Waals surface area contributed by atoms with Gasteiger partial charge in [-0.3, -0.25) is 9.78 Å². The number of nitrogens with zero attached hydrogens (tertiary/aromatic N) is 5. The smallest absolute Gasteiger partial charge is 0.265 e. The second-order valence-electron chi connectivity index (χ2n) is 5.92. The van der Waals surface area contributed by atoms with Gasteiger partial charge in [-0.15, -0.1) is 0 Å². The van der Waals surface area contributed by atoms with E-state index in [1.807, 2.05) is 0 Å². The van der Waals surface area contributed by atoms with Crippen LogP contribution >= 0.6 is 11.3 Å². The van der Waals surface area contributed by atoms with Crippen molar-refractivity contribution in [3.8, 4) is 11.3 Å². The molecule has 3 aromatic rings. The van der Waals surface area contributed by atoms with E-state index in [9.17, 15) is 26.4 Å². The Hall–Kier alpha value is -2.93. The number of aryl methyl sites for hydroxylation is 1. The highest BCUT2D eigenvalue weighted by atomic mass is 32.2. The Morgan fingerprint density at radius 2 is 2.00 bits per heavy atom. The fraction of sp³-hybridized carbons (Fsp3) is 0.235. The average molecular weight is 457 g/mol. The minimum atomic E-state index is -4.70. The van der Waals surface area contributed by atoms with Gasteiger partial charge in [-0.05, 0) is 18.2 Å². The Bertz CT molecular complexity index is 1270. The second kappa shape index (κ2) is 8.07. The molecule has 0 bridgehead atoms. The summed E-state index contributed by atoms with van der Waals surface area (Å²) in [4.78, 5) is 23.6. The van der Waals surface area contributed by atoms with E-state index in [0.29, 0.717) is 11.3 Å². The van der Waals surface area contributed by atoms with Gasteiger partial charge in [0.1, 0.15) is 5.69 Å². The molecule has 0 N–H and O–H groups in total. The number of pyridine rings is 2. The predicted octanol–water partition coefficient (Wildman–Crippen LogP) is 2.49. The fourth-order valence-electron chi connectivity index (χ4n) is 2.37. The van der Waals surface area contributed by atoms with Crippen LogP contribution in [0.2, 0.25) is 0 Å². The minimum absolute atomic E-state index is 0.161. The van der Waals surface area contributed by atoms with Gasteiger partial charge in [0.05, 0.1) is 16.3 Å². The van der Waals surface area contributed by atoms with Gasteiger partial charge in [0.15, 0.2) is 9.84 Å². The Morgan fingerprint density at radius 3 is 2.57 bits per heavy atom. The van der Waals surface area contributed by atoms with E-state index in [2.05, 4.69) is 20.1 Å². The van der Waals surface area contributed by atoms with Crippen molar-refractivity contribution >= 4 is 27.1 Å². The minimum Gasteiger partial charge on any atom is -0.265 e. The molecule has 0 aromatic carbocycles. The Morgan fingerprint density at radius 1 is 1.27 bits per heavy atom. The molecule has 30 heavy (non-hydrogen) atoms. The maximum Gasteiger partial charge on any atom is 0.445 e. The molecular formula is C17H14F3N5O3S2. The van der Waals surface area contributed by atoms with Crippen LogP contribution in [0, 0.1) is 0 Å². The number of alkyl halides is 3. The molecule has 0 radical (unpaired) electrons. The fourth-order valence-corrected chi connectivity index (χ4v) is 4.18. The van der Waals surface area contributed by atoms with Crippen LogP contribution in [-0.2, 0) is 23.1 Å². The van der Waals surface area contributed by atoms with Gasteiger partial charge < -0.3 is 0 Å². The van der Waals surface area contributed by atoms with Crippen LogP contribution in [0.4, 0.5) is 13.2 Å². The summed E-state index contributed by atoms with van der Waals surface area (Å²) in [6.45, 7) is 1.40. The topological polar surface area (TPSA) is 107 Å². The van der Waals surface area contributed by atoms with E-state index in [4.69, 9.17) is 0 Å². The van der Waals surface area contributed by atoms with Crippen molar-refractivity contribution in [2.45, 2.75) is 18.0 Å². The summed E-state index contributed by atoms with van der Waals surface area (Å²) >= 11 is 0.161. The first-order valence-electron chi connectivity index (χ1n) is 8.37. The number of hydrogen-bond acceptors (Lipinski definition) is 7. The molecule has 1 amide bonds. The van der Waals surface area contributed by atoms with Gasteiger partial charge in [0, 0.05) is 25.0 Å². The van der Waals surface area contributed by atoms with Crippen molar-refractivity contribution in [3.63, 3.8) is 0 Å². The number of amides is 1. The average Bonchev–Trinajstić information content (AvgIpc) is 3.09. The van der Waals surface area contributed by atoms with E-state index in [1.165, 1.54) is 32.4 Å². The van der Waals surface area contributed by atoms with Gasteiger partial charge in [-0.25, -0.2) is 18.1 Å². The quantitative estimate of drug-likeness (QED) is 0.596. The zero-order valence-electron chi connectivity index (χ0n) is 15.6. The predicted molar refractivity (Wildman–Crippen MR) is 101 cm³/mol. The van der Waals surface area contributed by atoms with Gasteiger partial charge >= 0.3 is 6.18 Å². The van der Waals surface area contributed by atoms with Gasteiger partial charge in [-0.1, -0.05) is 24.3 Å². The summed E-state index contributed by atoms with van der Waals surface area (Å²) in [5.41, 5.74) is 0.317. The second-order valence-corrected chi connectivity index (χ2v) is 9.12. The molecule has 0 unspecified atom stereocenters. The summed E-state index contributed by atoms with van der Waals surface area (Å²) in [5.74, 6) is -1.41. The molecule has 8 nitrogen and oxygen atoms in total. The summed E-state index contributed by atoms with van der Waals surface area (Å²) in [6.07, 6.45) is -1.92. The lowest BCUT2D eigenvalue weighted by Crippen LogP contribution is -2.18. The van der Waals surface area contributed by atoms with Crippen molar-refractivity contribution in [2.24, 2.45) is 12.0 Å². The molecule has 0 saturated carbocycles. The van der Waals surface area contributed by atoms with Crippen molar-refractivity contribution in [3.05, 3.63) is 52.2 Å². The first kappa shape index (κ1) is 21.8. The molecule has 0 aliphatic heterocycles. The van der Waals surface area contributed by atoms with E-state index in [1.54, 1.807) is 18.2 Å². The van der Waals surface area contributed by atoms with Crippen LogP contribution in [0.15, 0.2) is 46.5 Å². The summed E-state index contributed by atoms with van der Waals surface area (Å²) < 4.78 is 64.4. The Balaban J connectivity index is 2.14. The van der Waals surface area contributed by atoms with Crippen molar-refractivity contribution < 1.29 is 26.4 Å². The highest BCUT2D eigenvalue weighted by molar-refractivity contribution is 7.91. The van der Waals surface area contributed by atoms with Crippen molar-refractivity contribution in [1.82, 2.24) is 19.7 Å². The summed E-state index contributed by atoms with van der Waals surface area (Å²) in [6, 6.07) is 6.28. The summed E-state index contributed by atoms with van der Waals surface area (Å²) in [5, 5.41) is 2.10. The third-order valence-electron chi connectivity index (χ3n) is 3.88. The number of carbonyl (C=O) groups is 1. The lowest BCUT2D eigenvalue weighted by Gasteiger charge is -2.08. The van der Waals surface area contributed by atoms with E-state index in [0.717, 1.165) is 4.68 Å². The molecule has 0 atom stereocenters. The van der Waals surface area contributed by atoms with Crippen LogP contribution in [0.25, 0.3) is 11.3 Å². The van der Waals surface area contributed by atoms with Gasteiger partial charge in [-0.2, -0.15) is 23.3 Å². The summed E-state index contributed by atoms with van der Waals surface area (Å²) in [7, 11) is -2.70. The number of carbonyl (C=O) groups excluding carboxylic acids is 1. The SMILES string of the molecule is CCS(=O)(=O)c1cc(-c2ccccn2)cnc1C(=O)N=c1sc(C(F)(F)F)nn1C. The molecule has 13 heteroatoms. The number of rotatable bonds is 4. The van der Waals surface area contributed by atoms with E-state index in [-0.39, 0.29) is 26.8 Å². The lowest BCUT2D eigenvalue weighted by molar-refractivity contribution is -0.138. The molecule has 3 heterocycles. The lowest BCUT2D eigenvalue weighted by atomic mass is 10.2. The van der Waals surface area contributed by atoms with Crippen LogP contribution in [0.3, 0.4) is 0 Å². The third kappa shape index (κ3) is 4.46. The van der Waals surface area contributed by atoms with Crippen molar-refractivity contribution in [2.75, 3.05) is 5.75 Å². The molecule has 0 aliphatic rings. The highest BCUT2D eigenvalue weighted by Crippen LogP contribution is 2.29. The molecule has 0 spiro atoms. The number of sulfone groups is 1. The number of aromatic nitrogens is 4. The normalized spacial score (nSPS) is 12.9. The van der Waals surface area contributed by atoms with Gasteiger partial charge in [0.2, 0.25) is 9.81 Å². The maximum atomic E-state index is 12.8. The van der Waals surface area contributed by atoms with Gasteiger partial charge in [0.25, 0.3) is 5.91 Å². The highest BCUT2D eigenvalue weighted by Gasteiger charge is 2.35. The number of hydrogen-bond donors (Lipinski definition) is 0. The van der Waals surface area contributed by atoms with Crippen LogP contribution in [0.5, 0.6) is 0 Å².